The van der Waals surface area contributed by atoms with Gasteiger partial charge >= 0.3 is 5.97 Å². The molecule has 3 heteroatoms. The number of rotatable bonds is 3. The van der Waals surface area contributed by atoms with Crippen LogP contribution in [0.25, 0.3) is 0 Å². The summed E-state index contributed by atoms with van der Waals surface area (Å²) in [6.07, 6.45) is 0.651. The first-order valence-electron chi connectivity index (χ1n) is 3.63. The van der Waals surface area contributed by atoms with Crippen LogP contribution in [0, 0.1) is 5.92 Å². The summed E-state index contributed by atoms with van der Waals surface area (Å²) in [5.74, 6) is -0.521. The molecule has 0 radical (unpaired) electrons. The number of carbonyl (C=O) groups is 1. The zero-order valence-electron chi connectivity index (χ0n) is 7.22. The second-order valence-corrected chi connectivity index (χ2v) is 3.05. The summed E-state index contributed by atoms with van der Waals surface area (Å²) < 4.78 is 0. The van der Waals surface area contributed by atoms with Gasteiger partial charge in [0.05, 0.1) is 5.57 Å². The van der Waals surface area contributed by atoms with Crippen molar-refractivity contribution in [3.63, 3.8) is 0 Å². The Hall–Kier alpha value is -0.990. The summed E-state index contributed by atoms with van der Waals surface area (Å²) in [7, 11) is 0. The smallest absolute Gasteiger partial charge is 0.333 e. The Morgan fingerprint density at radius 2 is 2.00 bits per heavy atom. The third-order valence-corrected chi connectivity index (χ3v) is 1.43. The molecule has 0 saturated heterocycles. The first-order chi connectivity index (χ1) is 4.95. The molecule has 0 aliphatic carbocycles. The van der Waals surface area contributed by atoms with E-state index in [4.69, 9.17) is 10.8 Å². The molecule has 3 N–H and O–H groups in total. The maximum Gasteiger partial charge on any atom is 0.333 e. The molecule has 0 bridgehead atoms. The van der Waals surface area contributed by atoms with E-state index in [2.05, 4.69) is 0 Å². The number of allylic oxidation sites excluding steroid dienone is 1. The van der Waals surface area contributed by atoms with Crippen molar-refractivity contribution in [1.29, 1.82) is 0 Å². The molecule has 0 unspecified atom stereocenters. The molecule has 0 rings (SSSR count). The van der Waals surface area contributed by atoms with Gasteiger partial charge in [-0.15, -0.1) is 0 Å². The lowest BCUT2D eigenvalue weighted by Gasteiger charge is -2.06. The third-order valence-electron chi connectivity index (χ3n) is 1.43. The summed E-state index contributed by atoms with van der Waals surface area (Å²) in [6, 6.07) is 0. The highest BCUT2D eigenvalue weighted by Gasteiger charge is 2.06. The molecule has 3 nitrogen and oxygen atoms in total. The highest BCUT2D eigenvalue weighted by Crippen LogP contribution is 2.09. The quantitative estimate of drug-likeness (QED) is 0.608. The predicted octanol–water partition coefficient (Wildman–Crippen LogP) is 1.35. The van der Waals surface area contributed by atoms with E-state index in [1.165, 1.54) is 6.92 Å². The lowest BCUT2D eigenvalue weighted by molar-refractivity contribution is -0.132. The molecule has 64 valence electrons. The zero-order valence-corrected chi connectivity index (χ0v) is 7.22. The Labute approximate surface area is 66.9 Å². The van der Waals surface area contributed by atoms with Gasteiger partial charge in [-0.3, -0.25) is 0 Å². The molecule has 0 aromatic carbocycles. The van der Waals surface area contributed by atoms with Crippen molar-refractivity contribution < 1.29 is 9.90 Å². The van der Waals surface area contributed by atoms with Crippen molar-refractivity contribution in [2.45, 2.75) is 27.2 Å². The molecule has 0 aliphatic rings. The Morgan fingerprint density at radius 1 is 1.55 bits per heavy atom. The summed E-state index contributed by atoms with van der Waals surface area (Å²) in [4.78, 5) is 10.4. The lowest BCUT2D eigenvalue weighted by atomic mass is 10.1. The fourth-order valence-corrected chi connectivity index (χ4v) is 0.730. The lowest BCUT2D eigenvalue weighted by Crippen LogP contribution is -2.10. The normalized spacial score (nSPS) is 13.1. The highest BCUT2D eigenvalue weighted by molar-refractivity contribution is 5.86. The minimum Gasteiger partial charge on any atom is -0.478 e. The van der Waals surface area contributed by atoms with Gasteiger partial charge in [0, 0.05) is 5.70 Å². The van der Waals surface area contributed by atoms with Crippen LogP contribution in [0.5, 0.6) is 0 Å². The summed E-state index contributed by atoms with van der Waals surface area (Å²) in [6.45, 7) is 5.53. The molecule has 0 aromatic heterocycles. The van der Waals surface area contributed by atoms with Crippen molar-refractivity contribution in [2.24, 2.45) is 11.7 Å². The molecule has 0 atom stereocenters. The Bertz CT molecular complexity index is 183. The van der Waals surface area contributed by atoms with Crippen LogP contribution >= 0.6 is 0 Å². The van der Waals surface area contributed by atoms with Crippen LogP contribution in [0.4, 0.5) is 0 Å². The first-order valence-corrected chi connectivity index (χ1v) is 3.63. The molecule has 0 aromatic rings. The Balaban J connectivity index is 4.28. The number of carboxylic acids is 1. The molecule has 0 heterocycles. The van der Waals surface area contributed by atoms with Crippen LogP contribution in [0.15, 0.2) is 11.3 Å². The molecular weight excluding hydrogens is 142 g/mol. The molecule has 0 saturated carbocycles. The predicted molar refractivity (Wildman–Crippen MR) is 44.0 cm³/mol. The van der Waals surface area contributed by atoms with E-state index in [1.54, 1.807) is 0 Å². The van der Waals surface area contributed by atoms with Gasteiger partial charge < -0.3 is 10.8 Å². The van der Waals surface area contributed by atoms with E-state index in [0.717, 1.165) is 0 Å². The minimum absolute atomic E-state index is 0.263. The average molecular weight is 157 g/mol. The van der Waals surface area contributed by atoms with Gasteiger partial charge in [-0.05, 0) is 19.3 Å². The van der Waals surface area contributed by atoms with E-state index in [-0.39, 0.29) is 5.57 Å². The fraction of sp³-hybridized carbons (Fsp3) is 0.625. The minimum atomic E-state index is -0.928. The van der Waals surface area contributed by atoms with E-state index < -0.39 is 5.97 Å². The first kappa shape index (κ1) is 10.0. The van der Waals surface area contributed by atoms with Crippen molar-refractivity contribution in [3.05, 3.63) is 11.3 Å². The van der Waals surface area contributed by atoms with Crippen molar-refractivity contribution >= 4 is 5.97 Å². The molecule has 0 aliphatic heterocycles. The Kier molecular flexibility index (Phi) is 3.65. The molecule has 0 spiro atoms. The molecule has 0 fully saturated rings. The summed E-state index contributed by atoms with van der Waals surface area (Å²) in [5, 5.41) is 8.53. The number of carboxylic acid groups (broad SMARTS) is 1. The maximum atomic E-state index is 10.4. The van der Waals surface area contributed by atoms with E-state index in [9.17, 15) is 4.79 Å². The van der Waals surface area contributed by atoms with Crippen LogP contribution in [0.1, 0.15) is 27.2 Å². The number of aliphatic carboxylic acids is 1. The van der Waals surface area contributed by atoms with Crippen LogP contribution in [0.2, 0.25) is 0 Å². The van der Waals surface area contributed by atoms with Gasteiger partial charge in [-0.2, -0.15) is 0 Å². The van der Waals surface area contributed by atoms with Crippen LogP contribution < -0.4 is 5.73 Å². The summed E-state index contributed by atoms with van der Waals surface area (Å²) >= 11 is 0. The van der Waals surface area contributed by atoms with Gasteiger partial charge in [0.2, 0.25) is 0 Å². The van der Waals surface area contributed by atoms with E-state index in [1.807, 2.05) is 13.8 Å². The second kappa shape index (κ2) is 4.01. The summed E-state index contributed by atoms with van der Waals surface area (Å²) in [5.41, 5.74) is 6.26. The van der Waals surface area contributed by atoms with E-state index in [0.29, 0.717) is 18.0 Å². The standard InChI is InChI=1S/C8H15NO2/c1-5(2)4-7(9)6(3)8(10)11/h5H,4,9H2,1-3H3,(H,10,11)/b7-6+. The Morgan fingerprint density at radius 3 is 2.27 bits per heavy atom. The van der Waals surface area contributed by atoms with Crippen molar-refractivity contribution in [2.75, 3.05) is 0 Å². The van der Waals surface area contributed by atoms with Gasteiger partial charge in [0.15, 0.2) is 0 Å². The van der Waals surface area contributed by atoms with Gasteiger partial charge in [0.25, 0.3) is 0 Å². The number of hydrogen-bond donors (Lipinski definition) is 2. The largest absolute Gasteiger partial charge is 0.478 e. The van der Waals surface area contributed by atoms with Crippen LogP contribution in [-0.2, 0) is 4.79 Å². The van der Waals surface area contributed by atoms with Crippen LogP contribution in [-0.4, -0.2) is 11.1 Å². The fourth-order valence-electron chi connectivity index (χ4n) is 0.730. The molecule has 0 amide bonds. The zero-order chi connectivity index (χ0) is 9.02. The topological polar surface area (TPSA) is 63.3 Å². The molecule has 11 heavy (non-hydrogen) atoms. The van der Waals surface area contributed by atoms with Crippen molar-refractivity contribution in [1.82, 2.24) is 0 Å². The highest BCUT2D eigenvalue weighted by atomic mass is 16.4. The SMILES string of the molecule is C/C(C(=O)O)=C(\N)CC(C)C. The average Bonchev–Trinajstić information content (AvgIpc) is 1.84. The van der Waals surface area contributed by atoms with Gasteiger partial charge in [0.1, 0.15) is 0 Å². The number of hydrogen-bond acceptors (Lipinski definition) is 2. The van der Waals surface area contributed by atoms with Gasteiger partial charge in [-0.1, -0.05) is 13.8 Å². The second-order valence-electron chi connectivity index (χ2n) is 3.05. The molecular formula is C8H15NO2. The maximum absolute atomic E-state index is 10.4. The monoisotopic (exact) mass is 157 g/mol. The van der Waals surface area contributed by atoms with Crippen molar-refractivity contribution in [3.8, 4) is 0 Å². The van der Waals surface area contributed by atoms with Gasteiger partial charge in [-0.25, -0.2) is 4.79 Å². The number of nitrogens with two attached hydrogens (primary N) is 1. The third kappa shape index (κ3) is 3.65. The van der Waals surface area contributed by atoms with E-state index >= 15 is 0 Å². The van der Waals surface area contributed by atoms with Crippen LogP contribution in [0.3, 0.4) is 0 Å².